The summed E-state index contributed by atoms with van der Waals surface area (Å²) < 4.78 is 0.226. The molecule has 14 heavy (non-hydrogen) atoms. The van der Waals surface area contributed by atoms with Gasteiger partial charge in [-0.05, 0) is 12.1 Å². The number of thiocarbonyl (C=S) groups is 1. The third-order valence-corrected chi connectivity index (χ3v) is 1.53. The van der Waals surface area contributed by atoms with Gasteiger partial charge in [0.2, 0.25) is 0 Å². The Hall–Kier alpha value is 0.566. The molecule has 0 heterocycles. The molecule has 0 aliphatic rings. The maximum atomic E-state index is 11.3. The van der Waals surface area contributed by atoms with Crippen molar-refractivity contribution in [3.8, 4) is 0 Å². The summed E-state index contributed by atoms with van der Waals surface area (Å²) >= 11 is 8.39. The van der Waals surface area contributed by atoms with Crippen molar-refractivity contribution in [1.82, 2.24) is 10.9 Å². The number of thiol groups is 1. The van der Waals surface area contributed by atoms with Crippen molar-refractivity contribution in [3.05, 3.63) is 35.9 Å². The monoisotopic (exact) mass is 251 g/mol. The molecule has 0 bridgehead atoms. The van der Waals surface area contributed by atoms with Crippen LogP contribution in [-0.2, 0) is 0 Å². The van der Waals surface area contributed by atoms with Gasteiger partial charge in [0, 0.05) is 56.9 Å². The Balaban J connectivity index is 0.00000169. The molecule has 0 saturated carbocycles. The first-order chi connectivity index (χ1) is 6.20. The fourth-order valence-electron chi connectivity index (χ4n) is 0.772. The third-order valence-electron chi connectivity index (χ3n) is 1.32. The molecule has 0 fully saturated rings. The van der Waals surface area contributed by atoms with Crippen molar-refractivity contribution >= 4 is 86.5 Å². The van der Waals surface area contributed by atoms with E-state index in [1.54, 1.807) is 24.3 Å². The molecule has 2 N–H and O–H groups in total. The Kier molecular flexibility index (Phi) is 8.12. The number of hydrazine groups is 1. The van der Waals surface area contributed by atoms with Crippen molar-refractivity contribution in [3.63, 3.8) is 0 Å². The van der Waals surface area contributed by atoms with Crippen LogP contribution in [0.25, 0.3) is 0 Å². The summed E-state index contributed by atoms with van der Waals surface area (Å²) in [6, 6.07) is 8.83. The zero-order valence-electron chi connectivity index (χ0n) is 7.65. The molecule has 0 aromatic heterocycles. The molecule has 0 aliphatic heterocycles. The average molecular weight is 251 g/mol. The van der Waals surface area contributed by atoms with Crippen LogP contribution in [0.15, 0.2) is 30.3 Å². The van der Waals surface area contributed by atoms with Gasteiger partial charge < -0.3 is 0 Å². The van der Waals surface area contributed by atoms with Crippen molar-refractivity contribution in [2.75, 3.05) is 0 Å². The molecule has 69 valence electrons. The summed E-state index contributed by atoms with van der Waals surface area (Å²) in [7, 11) is 0. The van der Waals surface area contributed by atoms with Crippen LogP contribution in [0.2, 0.25) is 0 Å². The molecule has 0 saturated heterocycles. The van der Waals surface area contributed by atoms with E-state index in [4.69, 9.17) is 0 Å². The number of nitrogens with one attached hydrogen (secondary N) is 2. The summed E-state index contributed by atoms with van der Waals surface area (Å²) in [6.07, 6.45) is 0. The van der Waals surface area contributed by atoms with Gasteiger partial charge in [-0.3, -0.25) is 15.6 Å². The van der Waals surface area contributed by atoms with E-state index in [-0.39, 0.29) is 61.6 Å². The minimum atomic E-state index is -0.239. The first-order valence-electron chi connectivity index (χ1n) is 3.54. The molecular weight excluding hydrogens is 243 g/mol. The topological polar surface area (TPSA) is 41.1 Å². The van der Waals surface area contributed by atoms with E-state index in [1.165, 1.54) is 0 Å². The number of rotatable bonds is 1. The van der Waals surface area contributed by atoms with Crippen LogP contribution in [0.1, 0.15) is 10.4 Å². The molecule has 1 aromatic carbocycles. The van der Waals surface area contributed by atoms with Crippen LogP contribution in [0.3, 0.4) is 0 Å². The Bertz CT molecular complexity index is 318. The average Bonchev–Trinajstić information content (AvgIpc) is 2.15. The smallest absolute Gasteiger partial charge is 0.269 e. The number of hydrogen-bond acceptors (Lipinski definition) is 2. The molecule has 1 rings (SSSR count). The fourth-order valence-corrected chi connectivity index (χ4v) is 0.879. The summed E-state index contributed by atoms with van der Waals surface area (Å²) in [5.74, 6) is -0.239. The zero-order valence-corrected chi connectivity index (χ0v) is 12.5. The van der Waals surface area contributed by atoms with Crippen LogP contribution < -0.4 is 10.9 Å². The molecule has 1 amide bonds. The minimum absolute atomic E-state index is 0. The van der Waals surface area contributed by atoms with E-state index < -0.39 is 0 Å². The van der Waals surface area contributed by atoms with Gasteiger partial charge in [-0.15, -0.1) is 12.6 Å². The van der Waals surface area contributed by atoms with Crippen molar-refractivity contribution < 1.29 is 4.79 Å². The first-order valence-corrected chi connectivity index (χ1v) is 4.40. The zero-order chi connectivity index (χ0) is 9.68. The van der Waals surface area contributed by atoms with Crippen molar-refractivity contribution in [2.45, 2.75) is 0 Å². The maximum absolute atomic E-state index is 11.3. The molecule has 0 atom stereocenters. The van der Waals surface area contributed by atoms with Gasteiger partial charge in [0.05, 0.1) is 0 Å². The predicted octanol–water partition coefficient (Wildman–Crippen LogP) is 0.755. The van der Waals surface area contributed by atoms with Gasteiger partial charge >= 0.3 is 0 Å². The standard InChI is InChI=1S/C8H8N2OS2.K/c11-7(9-10-8(12)13)6-4-2-1-3-5-6;/h1-5H,(H,9,11)(H2,10,12,13);. The van der Waals surface area contributed by atoms with Crippen molar-refractivity contribution in [2.24, 2.45) is 0 Å². The Morgan fingerprint density at radius 3 is 2.29 bits per heavy atom. The van der Waals surface area contributed by atoms with E-state index in [9.17, 15) is 4.79 Å². The van der Waals surface area contributed by atoms with E-state index in [0.717, 1.165) is 0 Å². The number of hydrogen-bond donors (Lipinski definition) is 3. The molecule has 3 nitrogen and oxygen atoms in total. The Morgan fingerprint density at radius 2 is 1.79 bits per heavy atom. The summed E-state index contributed by atoms with van der Waals surface area (Å²) in [4.78, 5) is 11.3. The van der Waals surface area contributed by atoms with Gasteiger partial charge in [-0.2, -0.15) is 0 Å². The largest absolute Gasteiger partial charge is 0.283 e. The quantitative estimate of drug-likeness (QED) is 0.299. The first kappa shape index (κ1) is 14.6. The van der Waals surface area contributed by atoms with Crippen LogP contribution in [0, 0.1) is 0 Å². The number of amides is 1. The summed E-state index contributed by atoms with van der Waals surface area (Å²) in [5.41, 5.74) is 5.40. The summed E-state index contributed by atoms with van der Waals surface area (Å²) in [5, 5.41) is 0. The minimum Gasteiger partial charge on any atom is -0.283 e. The van der Waals surface area contributed by atoms with Gasteiger partial charge in [0.25, 0.3) is 5.91 Å². The van der Waals surface area contributed by atoms with Crippen LogP contribution in [0.5, 0.6) is 0 Å². The number of carbonyl (C=O) groups is 1. The van der Waals surface area contributed by atoms with E-state index in [2.05, 4.69) is 35.7 Å². The van der Waals surface area contributed by atoms with E-state index >= 15 is 0 Å². The van der Waals surface area contributed by atoms with Gasteiger partial charge in [0.15, 0.2) is 0 Å². The Labute approximate surface area is 136 Å². The van der Waals surface area contributed by atoms with Crippen molar-refractivity contribution in [1.29, 1.82) is 0 Å². The van der Waals surface area contributed by atoms with Gasteiger partial charge in [-0.25, -0.2) is 0 Å². The van der Waals surface area contributed by atoms with E-state index in [1.807, 2.05) is 6.07 Å². The van der Waals surface area contributed by atoms with Crippen LogP contribution in [-0.4, -0.2) is 61.6 Å². The third kappa shape index (κ3) is 5.45. The molecule has 6 heteroatoms. The van der Waals surface area contributed by atoms with Crippen LogP contribution in [0.4, 0.5) is 0 Å². The molecular formula is C8H8KN2OS2. The molecule has 0 spiro atoms. The van der Waals surface area contributed by atoms with Crippen LogP contribution >= 0.6 is 24.8 Å². The predicted molar refractivity (Wildman–Crippen MR) is 64.4 cm³/mol. The maximum Gasteiger partial charge on any atom is 0.269 e. The number of benzene rings is 1. The molecule has 1 radical (unpaired) electrons. The molecule has 0 aliphatic carbocycles. The fraction of sp³-hybridized carbons (Fsp3) is 0. The second-order valence-corrected chi connectivity index (χ2v) is 3.41. The second kappa shape index (κ2) is 7.81. The normalized spacial score (nSPS) is 8.36. The van der Waals surface area contributed by atoms with Gasteiger partial charge in [0.1, 0.15) is 4.32 Å². The van der Waals surface area contributed by atoms with Gasteiger partial charge in [-0.1, -0.05) is 30.4 Å². The second-order valence-electron chi connectivity index (χ2n) is 2.25. The van der Waals surface area contributed by atoms with E-state index in [0.29, 0.717) is 5.56 Å². The Morgan fingerprint density at radius 1 is 1.21 bits per heavy atom. The SMILES string of the molecule is O=C(NNC(=S)S)c1ccccc1.[K]. The summed E-state index contributed by atoms with van der Waals surface area (Å²) in [6.45, 7) is 0. The molecule has 0 unspecified atom stereocenters. The molecule has 1 aromatic rings. The number of carbonyl (C=O) groups excluding carboxylic acids is 1.